The van der Waals surface area contributed by atoms with E-state index in [0.29, 0.717) is 0 Å². The van der Waals surface area contributed by atoms with E-state index in [-0.39, 0.29) is 15.8 Å². The van der Waals surface area contributed by atoms with E-state index in [2.05, 4.69) is 11.5 Å². The predicted octanol–water partition coefficient (Wildman–Crippen LogP) is 4.56. The van der Waals surface area contributed by atoms with Gasteiger partial charge in [0.1, 0.15) is 4.32 Å². The minimum absolute atomic E-state index is 0.0895. The van der Waals surface area contributed by atoms with Crippen LogP contribution in [-0.4, -0.2) is 27.4 Å². The molecule has 1 aliphatic heterocycles. The van der Waals surface area contributed by atoms with Crippen molar-refractivity contribution < 1.29 is 5.11 Å². The highest BCUT2D eigenvalue weighted by atomic mass is 35.5. The lowest BCUT2D eigenvalue weighted by molar-refractivity contribution is 0.476. The molecule has 1 aromatic carbocycles. The van der Waals surface area contributed by atoms with Crippen LogP contribution in [0.3, 0.4) is 0 Å². The number of benzene rings is 1. The maximum atomic E-state index is 9.52. The Kier molecular flexibility index (Phi) is 4.79. The van der Waals surface area contributed by atoms with Gasteiger partial charge in [-0.15, -0.1) is 6.58 Å². The first-order chi connectivity index (χ1) is 9.01. The second kappa shape index (κ2) is 6.18. The highest BCUT2D eigenvalue weighted by molar-refractivity contribution is 8.25. The number of aromatic hydroxyl groups is 1. The van der Waals surface area contributed by atoms with Crippen LogP contribution in [0.15, 0.2) is 29.7 Å². The molecule has 6 heteroatoms. The van der Waals surface area contributed by atoms with Crippen LogP contribution in [0.1, 0.15) is 5.56 Å². The zero-order valence-electron chi connectivity index (χ0n) is 9.90. The number of phenols is 1. The van der Waals surface area contributed by atoms with E-state index < -0.39 is 0 Å². The van der Waals surface area contributed by atoms with Gasteiger partial charge in [-0.2, -0.15) is 0 Å². The van der Waals surface area contributed by atoms with Crippen LogP contribution >= 0.6 is 47.2 Å². The number of thioether (sulfide) groups is 1. The fourth-order valence-corrected chi connectivity index (χ4v) is 3.56. The molecule has 0 aliphatic carbocycles. The summed E-state index contributed by atoms with van der Waals surface area (Å²) in [5, 5.41) is 10.0. The third-order valence-electron chi connectivity index (χ3n) is 2.54. The molecule has 1 heterocycles. The van der Waals surface area contributed by atoms with E-state index in [4.69, 9.17) is 35.4 Å². The monoisotopic (exact) mass is 331 g/mol. The molecule has 1 fully saturated rings. The van der Waals surface area contributed by atoms with Gasteiger partial charge in [0.2, 0.25) is 0 Å². The van der Waals surface area contributed by atoms with Crippen molar-refractivity contribution in [2.75, 3.05) is 13.1 Å². The van der Waals surface area contributed by atoms with Gasteiger partial charge in [-0.05, 0) is 23.8 Å². The lowest BCUT2D eigenvalue weighted by atomic mass is 10.2. The summed E-state index contributed by atoms with van der Waals surface area (Å²) in [6.45, 7) is 5.20. The molecule has 0 bridgehead atoms. The Morgan fingerprint density at radius 2 is 2.05 bits per heavy atom. The largest absolute Gasteiger partial charge is 0.505 e. The van der Waals surface area contributed by atoms with Crippen molar-refractivity contribution in [3.63, 3.8) is 0 Å². The Morgan fingerprint density at radius 1 is 1.42 bits per heavy atom. The summed E-state index contributed by atoms with van der Waals surface area (Å²) in [4.78, 5) is 3.17. The maximum Gasteiger partial charge on any atom is 0.152 e. The Morgan fingerprint density at radius 3 is 2.63 bits per heavy atom. The Bertz CT molecular complexity index is 549. The first-order valence-corrected chi connectivity index (χ1v) is 7.45. The lowest BCUT2D eigenvalue weighted by Crippen LogP contribution is -2.22. The molecule has 2 rings (SSSR count). The van der Waals surface area contributed by atoms with Crippen LogP contribution in [0.5, 0.6) is 5.75 Å². The minimum atomic E-state index is -0.0895. The molecule has 1 N–H and O–H groups in total. The second-order valence-electron chi connectivity index (χ2n) is 3.98. The van der Waals surface area contributed by atoms with E-state index in [1.165, 1.54) is 0 Å². The highest BCUT2D eigenvalue weighted by Gasteiger charge is 2.21. The molecule has 0 atom stereocenters. The number of halogens is 2. The summed E-state index contributed by atoms with van der Waals surface area (Å²) in [5.41, 5.74) is 0.846. The van der Waals surface area contributed by atoms with E-state index in [1.54, 1.807) is 23.9 Å². The number of hydrogen-bond acceptors (Lipinski definition) is 3. The first kappa shape index (κ1) is 14.7. The summed E-state index contributed by atoms with van der Waals surface area (Å²) in [5.74, 6) is -0.0895. The van der Waals surface area contributed by atoms with E-state index >= 15 is 0 Å². The highest BCUT2D eigenvalue weighted by Crippen LogP contribution is 2.36. The zero-order valence-corrected chi connectivity index (χ0v) is 13.0. The quantitative estimate of drug-likeness (QED) is 0.647. The molecule has 19 heavy (non-hydrogen) atoms. The maximum absolute atomic E-state index is 9.52. The average molecular weight is 332 g/mol. The van der Waals surface area contributed by atoms with Crippen molar-refractivity contribution in [3.05, 3.63) is 45.3 Å². The van der Waals surface area contributed by atoms with Gasteiger partial charge in [0.05, 0.1) is 16.6 Å². The van der Waals surface area contributed by atoms with Crippen LogP contribution < -0.4 is 0 Å². The summed E-state index contributed by atoms with van der Waals surface area (Å²) in [7, 11) is 0. The smallest absolute Gasteiger partial charge is 0.152 e. The van der Waals surface area contributed by atoms with Crippen molar-refractivity contribution in [1.82, 2.24) is 4.90 Å². The fraction of sp³-hybridized carbons (Fsp3) is 0.154. The molecule has 0 radical (unpaired) electrons. The van der Waals surface area contributed by atoms with Crippen molar-refractivity contribution in [2.24, 2.45) is 0 Å². The van der Waals surface area contributed by atoms with Crippen LogP contribution in [0.4, 0.5) is 0 Å². The summed E-state index contributed by atoms with van der Waals surface area (Å²) in [6, 6.07) is 3.35. The molecular weight excluding hydrogens is 321 g/mol. The van der Waals surface area contributed by atoms with Crippen LogP contribution in [0.25, 0.3) is 6.08 Å². The average Bonchev–Trinajstić information content (AvgIpc) is 2.67. The van der Waals surface area contributed by atoms with Gasteiger partial charge in [-0.25, -0.2) is 0 Å². The van der Waals surface area contributed by atoms with Gasteiger partial charge in [-0.1, -0.05) is 53.3 Å². The predicted molar refractivity (Wildman–Crippen MR) is 88.1 cm³/mol. The Labute approximate surface area is 131 Å². The third-order valence-corrected chi connectivity index (χ3v) is 4.57. The number of rotatable bonds is 3. The van der Waals surface area contributed by atoms with Gasteiger partial charge in [0.25, 0.3) is 0 Å². The molecule has 0 spiro atoms. The molecule has 0 aromatic heterocycles. The lowest BCUT2D eigenvalue weighted by Gasteiger charge is -2.12. The topological polar surface area (TPSA) is 23.5 Å². The van der Waals surface area contributed by atoms with Gasteiger partial charge in [0, 0.05) is 11.4 Å². The molecule has 1 saturated heterocycles. The van der Waals surface area contributed by atoms with Crippen molar-refractivity contribution in [3.8, 4) is 5.75 Å². The summed E-state index contributed by atoms with van der Waals surface area (Å²) >= 11 is 18.6. The molecule has 0 amide bonds. The summed E-state index contributed by atoms with van der Waals surface area (Å²) < 4.78 is 0.835. The SMILES string of the molecule is C=CCN1C/C(=C\c2cc(Cl)c(O)c(Cl)c2)SC1=S. The number of phenolic OH excluding ortho intramolecular Hbond substituents is 1. The Hall–Kier alpha value is -0.680. The number of thiocarbonyl (C=S) groups is 1. The van der Waals surface area contributed by atoms with Crippen LogP contribution in [0, 0.1) is 0 Å². The van der Waals surface area contributed by atoms with Crippen molar-refractivity contribution in [2.45, 2.75) is 0 Å². The standard InChI is InChI=1S/C13H11Cl2NOS2/c1-2-3-16-7-9(19-13(16)18)4-8-5-10(14)12(17)11(15)6-8/h2,4-6,17H,1,3,7H2/b9-4+. The van der Waals surface area contributed by atoms with Crippen molar-refractivity contribution >= 4 is 57.6 Å². The van der Waals surface area contributed by atoms with Crippen LogP contribution in [-0.2, 0) is 0 Å². The van der Waals surface area contributed by atoms with Gasteiger partial charge in [0.15, 0.2) is 5.75 Å². The second-order valence-corrected chi connectivity index (χ2v) is 6.56. The fourth-order valence-electron chi connectivity index (χ4n) is 1.69. The zero-order chi connectivity index (χ0) is 14.0. The van der Waals surface area contributed by atoms with Crippen molar-refractivity contribution in [1.29, 1.82) is 0 Å². The van der Waals surface area contributed by atoms with E-state index in [1.807, 2.05) is 12.2 Å². The van der Waals surface area contributed by atoms with Gasteiger partial charge >= 0.3 is 0 Å². The molecular formula is C13H11Cl2NOS2. The molecule has 1 aliphatic rings. The normalized spacial score (nSPS) is 17.3. The molecule has 2 nitrogen and oxygen atoms in total. The van der Waals surface area contributed by atoms with Crippen LogP contribution in [0.2, 0.25) is 10.0 Å². The molecule has 0 saturated carbocycles. The first-order valence-electron chi connectivity index (χ1n) is 5.47. The van der Waals surface area contributed by atoms with Gasteiger partial charge < -0.3 is 10.0 Å². The summed E-state index contributed by atoms with van der Waals surface area (Å²) in [6.07, 6.45) is 3.79. The molecule has 100 valence electrons. The third kappa shape index (κ3) is 3.45. The Balaban J connectivity index is 2.23. The van der Waals surface area contributed by atoms with E-state index in [0.717, 1.165) is 27.9 Å². The molecule has 1 aromatic rings. The number of hydrogen-bond donors (Lipinski definition) is 1. The number of nitrogens with zero attached hydrogens (tertiary/aromatic N) is 1. The molecule has 0 unspecified atom stereocenters. The minimum Gasteiger partial charge on any atom is -0.505 e. The van der Waals surface area contributed by atoms with E-state index in [9.17, 15) is 5.11 Å². The van der Waals surface area contributed by atoms with Gasteiger partial charge in [-0.3, -0.25) is 0 Å².